The van der Waals surface area contributed by atoms with E-state index in [2.05, 4.69) is 0 Å². The minimum Gasteiger partial charge on any atom is -0.346 e. The van der Waals surface area contributed by atoms with Gasteiger partial charge in [-0.2, -0.15) is 4.31 Å². The van der Waals surface area contributed by atoms with Crippen molar-refractivity contribution < 1.29 is 13.2 Å². The summed E-state index contributed by atoms with van der Waals surface area (Å²) in [6.45, 7) is 9.10. The second-order valence-corrected chi connectivity index (χ2v) is 8.63. The zero-order valence-electron chi connectivity index (χ0n) is 15.3. The number of hydrogen-bond acceptors (Lipinski definition) is 3. The third-order valence-corrected chi connectivity index (χ3v) is 7.06. The van der Waals surface area contributed by atoms with Crippen LogP contribution in [-0.4, -0.2) is 50.2 Å². The van der Waals surface area contributed by atoms with Crippen LogP contribution in [-0.2, 0) is 14.8 Å². The van der Waals surface area contributed by atoms with Gasteiger partial charge in [0.05, 0.1) is 4.90 Å². The van der Waals surface area contributed by atoms with Gasteiger partial charge in [-0.3, -0.25) is 4.79 Å². The van der Waals surface area contributed by atoms with Gasteiger partial charge >= 0.3 is 0 Å². The lowest BCUT2D eigenvalue weighted by molar-refractivity contribution is -0.135. The van der Waals surface area contributed by atoms with E-state index in [9.17, 15) is 13.2 Å². The maximum absolute atomic E-state index is 13.0. The SMILES string of the molecule is CCN(C)C(=O)C1CCN(S(=O)(=O)c2c(C)cc(C)cc2C)CC1. The molecule has 0 atom stereocenters. The third-order valence-electron chi connectivity index (χ3n) is 4.86. The largest absolute Gasteiger partial charge is 0.346 e. The summed E-state index contributed by atoms with van der Waals surface area (Å²) in [6.07, 6.45) is 1.18. The summed E-state index contributed by atoms with van der Waals surface area (Å²) in [4.78, 5) is 14.4. The lowest BCUT2D eigenvalue weighted by Gasteiger charge is -2.33. The van der Waals surface area contributed by atoms with E-state index in [1.54, 1.807) is 11.9 Å². The highest BCUT2D eigenvalue weighted by atomic mass is 32.2. The molecule has 0 saturated carbocycles. The molecular formula is C18H28N2O3S. The molecule has 1 aromatic carbocycles. The molecule has 1 aliphatic heterocycles. The van der Waals surface area contributed by atoms with Gasteiger partial charge in [-0.25, -0.2) is 8.42 Å². The minimum absolute atomic E-state index is 0.0680. The number of hydrogen-bond donors (Lipinski definition) is 0. The first kappa shape index (κ1) is 18.9. The van der Waals surface area contributed by atoms with Crippen molar-refractivity contribution in [1.29, 1.82) is 0 Å². The molecule has 1 fully saturated rings. The van der Waals surface area contributed by atoms with Crippen LogP contribution in [0.5, 0.6) is 0 Å². The minimum atomic E-state index is -3.51. The van der Waals surface area contributed by atoms with E-state index < -0.39 is 10.0 Å². The van der Waals surface area contributed by atoms with E-state index in [1.807, 2.05) is 39.8 Å². The Hall–Kier alpha value is -1.40. The normalized spacial score (nSPS) is 17.0. The van der Waals surface area contributed by atoms with Crippen LogP contribution in [0.4, 0.5) is 0 Å². The molecular weight excluding hydrogens is 324 g/mol. The number of carbonyl (C=O) groups excluding carboxylic acids is 1. The van der Waals surface area contributed by atoms with Gasteiger partial charge in [-0.15, -0.1) is 0 Å². The molecule has 0 N–H and O–H groups in total. The zero-order valence-corrected chi connectivity index (χ0v) is 16.1. The Labute approximate surface area is 145 Å². The number of benzene rings is 1. The quantitative estimate of drug-likeness (QED) is 0.836. The average Bonchev–Trinajstić information content (AvgIpc) is 2.52. The molecule has 5 nitrogen and oxygen atoms in total. The number of piperidine rings is 1. The molecule has 1 amide bonds. The van der Waals surface area contributed by atoms with Gasteiger partial charge in [-0.05, 0) is 51.7 Å². The summed E-state index contributed by atoms with van der Waals surface area (Å²) in [5.74, 6) is 0.0545. The van der Waals surface area contributed by atoms with Crippen molar-refractivity contribution in [2.24, 2.45) is 5.92 Å². The van der Waals surface area contributed by atoms with Crippen LogP contribution >= 0.6 is 0 Å². The molecule has 6 heteroatoms. The molecule has 0 aliphatic carbocycles. The maximum Gasteiger partial charge on any atom is 0.243 e. The molecule has 0 bridgehead atoms. The Morgan fingerprint density at radius 3 is 2.12 bits per heavy atom. The first-order chi connectivity index (χ1) is 11.2. The van der Waals surface area contributed by atoms with Crippen molar-refractivity contribution in [2.45, 2.75) is 45.4 Å². The summed E-state index contributed by atoms with van der Waals surface area (Å²) in [5.41, 5.74) is 2.64. The fourth-order valence-corrected chi connectivity index (χ4v) is 5.39. The van der Waals surface area contributed by atoms with Crippen molar-refractivity contribution in [3.63, 3.8) is 0 Å². The number of carbonyl (C=O) groups is 1. The van der Waals surface area contributed by atoms with Crippen LogP contribution < -0.4 is 0 Å². The van der Waals surface area contributed by atoms with Crippen molar-refractivity contribution in [1.82, 2.24) is 9.21 Å². The Kier molecular flexibility index (Phi) is 5.71. The Bertz CT molecular complexity index is 697. The molecule has 0 spiro atoms. The lowest BCUT2D eigenvalue weighted by Crippen LogP contribution is -2.43. The van der Waals surface area contributed by atoms with E-state index in [4.69, 9.17) is 0 Å². The predicted octanol–water partition coefficient (Wildman–Crippen LogP) is 2.49. The van der Waals surface area contributed by atoms with Gasteiger partial charge in [0.25, 0.3) is 0 Å². The van der Waals surface area contributed by atoms with E-state index >= 15 is 0 Å². The molecule has 1 aromatic rings. The lowest BCUT2D eigenvalue weighted by atomic mass is 9.97. The Balaban J connectivity index is 2.18. The predicted molar refractivity (Wildman–Crippen MR) is 95.4 cm³/mol. The number of rotatable bonds is 4. The molecule has 1 heterocycles. The molecule has 2 rings (SSSR count). The highest BCUT2D eigenvalue weighted by molar-refractivity contribution is 7.89. The van der Waals surface area contributed by atoms with Crippen LogP contribution in [0, 0.1) is 26.7 Å². The fourth-order valence-electron chi connectivity index (χ4n) is 3.51. The topological polar surface area (TPSA) is 57.7 Å². The molecule has 134 valence electrons. The van der Waals surface area contributed by atoms with E-state index in [0.717, 1.165) is 16.7 Å². The van der Waals surface area contributed by atoms with Gasteiger partial charge in [-0.1, -0.05) is 17.7 Å². The highest BCUT2D eigenvalue weighted by Gasteiger charge is 2.34. The van der Waals surface area contributed by atoms with Crippen LogP contribution in [0.1, 0.15) is 36.5 Å². The van der Waals surface area contributed by atoms with Crippen molar-refractivity contribution in [3.05, 3.63) is 28.8 Å². The molecule has 1 saturated heterocycles. The molecule has 1 aliphatic rings. The van der Waals surface area contributed by atoms with Gasteiger partial charge in [0.1, 0.15) is 0 Å². The summed E-state index contributed by atoms with van der Waals surface area (Å²) in [7, 11) is -1.71. The summed E-state index contributed by atoms with van der Waals surface area (Å²) < 4.78 is 27.6. The highest BCUT2D eigenvalue weighted by Crippen LogP contribution is 2.29. The van der Waals surface area contributed by atoms with E-state index in [-0.39, 0.29) is 11.8 Å². The van der Waals surface area contributed by atoms with E-state index in [1.165, 1.54) is 4.31 Å². The summed E-state index contributed by atoms with van der Waals surface area (Å²) >= 11 is 0. The van der Waals surface area contributed by atoms with Crippen LogP contribution in [0.3, 0.4) is 0 Å². The van der Waals surface area contributed by atoms with Gasteiger partial charge in [0.15, 0.2) is 0 Å². The monoisotopic (exact) mass is 352 g/mol. The third kappa shape index (κ3) is 3.64. The maximum atomic E-state index is 13.0. The van der Waals surface area contributed by atoms with Crippen LogP contribution in [0.15, 0.2) is 17.0 Å². The molecule has 0 unspecified atom stereocenters. The van der Waals surface area contributed by atoms with Crippen molar-refractivity contribution >= 4 is 15.9 Å². The number of sulfonamides is 1. The van der Waals surface area contributed by atoms with E-state index in [0.29, 0.717) is 37.4 Å². The second kappa shape index (κ2) is 7.23. The Morgan fingerprint density at radius 2 is 1.67 bits per heavy atom. The average molecular weight is 353 g/mol. The van der Waals surface area contributed by atoms with Crippen LogP contribution in [0.25, 0.3) is 0 Å². The first-order valence-corrected chi connectivity index (χ1v) is 9.95. The van der Waals surface area contributed by atoms with Gasteiger partial charge in [0, 0.05) is 32.6 Å². The molecule has 0 aromatic heterocycles. The standard InChI is InChI=1S/C18H28N2O3S/c1-6-19(5)18(21)16-7-9-20(10-8-16)24(22,23)17-14(3)11-13(2)12-15(17)4/h11-12,16H,6-10H2,1-5H3. The molecule has 0 radical (unpaired) electrons. The van der Waals surface area contributed by atoms with Crippen molar-refractivity contribution in [2.75, 3.05) is 26.7 Å². The number of aryl methyl sites for hydroxylation is 3. The fraction of sp³-hybridized carbons (Fsp3) is 0.611. The molecule has 24 heavy (non-hydrogen) atoms. The van der Waals surface area contributed by atoms with Gasteiger partial charge < -0.3 is 4.90 Å². The Morgan fingerprint density at radius 1 is 1.17 bits per heavy atom. The first-order valence-electron chi connectivity index (χ1n) is 8.51. The number of amides is 1. The second-order valence-electron chi connectivity index (χ2n) is 6.76. The van der Waals surface area contributed by atoms with Crippen molar-refractivity contribution in [3.8, 4) is 0 Å². The smallest absolute Gasteiger partial charge is 0.243 e. The number of nitrogens with zero attached hydrogens (tertiary/aromatic N) is 2. The zero-order chi connectivity index (χ0) is 18.1. The summed E-state index contributed by atoms with van der Waals surface area (Å²) in [5, 5.41) is 0. The van der Waals surface area contributed by atoms with Gasteiger partial charge in [0.2, 0.25) is 15.9 Å². The summed E-state index contributed by atoms with van der Waals surface area (Å²) in [6, 6.07) is 3.82. The van der Waals surface area contributed by atoms with Crippen LogP contribution in [0.2, 0.25) is 0 Å².